The van der Waals surface area contributed by atoms with Crippen LogP contribution in [0.2, 0.25) is 0 Å². The van der Waals surface area contributed by atoms with Gasteiger partial charge in [-0.1, -0.05) is 24.3 Å². The summed E-state index contributed by atoms with van der Waals surface area (Å²) in [7, 11) is 1.49. The SMILES string of the molecule is Cn1cc(-c2ccc(C3CNC3)cc2)c(C(F)(F)F)n1. The van der Waals surface area contributed by atoms with Gasteiger partial charge in [-0.05, 0) is 11.1 Å². The molecule has 1 fully saturated rings. The molecular formula is C14H14F3N3. The number of aryl methyl sites for hydroxylation is 1. The van der Waals surface area contributed by atoms with Gasteiger partial charge >= 0.3 is 6.18 Å². The first-order chi connectivity index (χ1) is 9.45. The summed E-state index contributed by atoms with van der Waals surface area (Å²) in [6.07, 6.45) is -3.03. The highest BCUT2D eigenvalue weighted by Crippen LogP contribution is 2.36. The fourth-order valence-electron chi connectivity index (χ4n) is 2.37. The lowest BCUT2D eigenvalue weighted by atomic mass is 9.92. The van der Waals surface area contributed by atoms with Crippen molar-refractivity contribution in [2.45, 2.75) is 12.1 Å². The van der Waals surface area contributed by atoms with Gasteiger partial charge in [-0.3, -0.25) is 4.68 Å². The minimum atomic E-state index is -4.44. The van der Waals surface area contributed by atoms with E-state index in [1.54, 1.807) is 12.1 Å². The quantitative estimate of drug-likeness (QED) is 0.917. The summed E-state index contributed by atoms with van der Waals surface area (Å²) in [5.41, 5.74) is 0.989. The van der Waals surface area contributed by atoms with Crippen LogP contribution in [0.4, 0.5) is 13.2 Å². The van der Waals surface area contributed by atoms with Crippen LogP contribution in [0.5, 0.6) is 0 Å². The second-order valence-corrected chi connectivity index (χ2v) is 5.04. The van der Waals surface area contributed by atoms with Crippen LogP contribution >= 0.6 is 0 Å². The number of benzene rings is 1. The summed E-state index contributed by atoms with van der Waals surface area (Å²) >= 11 is 0. The third-order valence-corrected chi connectivity index (χ3v) is 3.57. The Labute approximate surface area is 114 Å². The third kappa shape index (κ3) is 2.31. The molecule has 6 heteroatoms. The molecule has 20 heavy (non-hydrogen) atoms. The van der Waals surface area contributed by atoms with Crippen molar-refractivity contribution in [2.75, 3.05) is 13.1 Å². The van der Waals surface area contributed by atoms with Gasteiger partial charge in [-0.25, -0.2) is 0 Å². The van der Waals surface area contributed by atoms with Gasteiger partial charge in [0.1, 0.15) is 0 Å². The zero-order valence-corrected chi connectivity index (χ0v) is 10.9. The Morgan fingerprint density at radius 1 is 1.20 bits per heavy atom. The smallest absolute Gasteiger partial charge is 0.315 e. The fourth-order valence-corrected chi connectivity index (χ4v) is 2.37. The standard InChI is InChI=1S/C14H14F3N3/c1-20-8-12(13(19-20)14(15,16)17)10-4-2-9(3-5-10)11-6-18-7-11/h2-5,8,11,18H,6-7H2,1H3. The molecule has 1 aromatic heterocycles. The largest absolute Gasteiger partial charge is 0.435 e. The van der Waals surface area contributed by atoms with Crippen molar-refractivity contribution in [3.63, 3.8) is 0 Å². The zero-order valence-electron chi connectivity index (χ0n) is 10.9. The average Bonchev–Trinajstić information content (AvgIpc) is 2.70. The Morgan fingerprint density at radius 2 is 1.85 bits per heavy atom. The first-order valence-corrected chi connectivity index (χ1v) is 6.37. The highest BCUT2D eigenvalue weighted by molar-refractivity contribution is 5.66. The van der Waals surface area contributed by atoms with Crippen LogP contribution < -0.4 is 5.32 Å². The summed E-state index contributed by atoms with van der Waals surface area (Å²) in [5.74, 6) is 0.472. The van der Waals surface area contributed by atoms with Gasteiger partial charge in [0.2, 0.25) is 0 Å². The Morgan fingerprint density at radius 3 is 2.35 bits per heavy atom. The second-order valence-electron chi connectivity index (χ2n) is 5.04. The maximum atomic E-state index is 12.9. The molecule has 3 nitrogen and oxygen atoms in total. The number of alkyl halides is 3. The predicted octanol–water partition coefficient (Wildman–Crippen LogP) is 2.79. The summed E-state index contributed by atoms with van der Waals surface area (Å²) in [6.45, 7) is 1.86. The Bertz CT molecular complexity index is 610. The highest BCUT2D eigenvalue weighted by atomic mass is 19.4. The topological polar surface area (TPSA) is 29.9 Å². The van der Waals surface area contributed by atoms with Crippen LogP contribution in [-0.4, -0.2) is 22.9 Å². The Hall–Kier alpha value is -1.82. The molecule has 106 valence electrons. The molecule has 0 amide bonds. The van der Waals surface area contributed by atoms with Gasteiger partial charge in [0, 0.05) is 37.8 Å². The molecule has 2 heterocycles. The molecule has 0 atom stereocenters. The lowest BCUT2D eigenvalue weighted by molar-refractivity contribution is -0.140. The minimum Gasteiger partial charge on any atom is -0.315 e. The number of hydrogen-bond donors (Lipinski definition) is 1. The first-order valence-electron chi connectivity index (χ1n) is 6.37. The summed E-state index contributed by atoms with van der Waals surface area (Å²) < 4.78 is 40.0. The van der Waals surface area contributed by atoms with Crippen molar-refractivity contribution in [3.05, 3.63) is 41.7 Å². The molecule has 0 radical (unpaired) electrons. The fraction of sp³-hybridized carbons (Fsp3) is 0.357. The predicted molar refractivity (Wildman–Crippen MR) is 69.3 cm³/mol. The van der Waals surface area contributed by atoms with E-state index in [0.29, 0.717) is 11.5 Å². The third-order valence-electron chi connectivity index (χ3n) is 3.57. The molecule has 0 unspecified atom stereocenters. The molecular weight excluding hydrogens is 267 g/mol. The van der Waals surface area contributed by atoms with Gasteiger partial charge < -0.3 is 5.32 Å². The molecule has 1 saturated heterocycles. The molecule has 0 aliphatic carbocycles. The van der Waals surface area contributed by atoms with Crippen molar-refractivity contribution in [1.29, 1.82) is 0 Å². The normalized spacial score (nSPS) is 16.2. The van der Waals surface area contributed by atoms with E-state index in [1.807, 2.05) is 12.1 Å². The van der Waals surface area contributed by atoms with Gasteiger partial charge in [0.15, 0.2) is 5.69 Å². The van der Waals surface area contributed by atoms with Crippen LogP contribution in [-0.2, 0) is 13.2 Å². The van der Waals surface area contributed by atoms with Crippen molar-refractivity contribution in [3.8, 4) is 11.1 Å². The van der Waals surface area contributed by atoms with E-state index in [9.17, 15) is 13.2 Å². The minimum absolute atomic E-state index is 0.123. The van der Waals surface area contributed by atoms with Crippen LogP contribution in [0, 0.1) is 0 Å². The van der Waals surface area contributed by atoms with E-state index in [-0.39, 0.29) is 5.56 Å². The molecule has 1 aliphatic rings. The van der Waals surface area contributed by atoms with E-state index < -0.39 is 11.9 Å². The number of halogens is 3. The summed E-state index contributed by atoms with van der Waals surface area (Å²) in [6, 6.07) is 7.27. The van der Waals surface area contributed by atoms with Gasteiger partial charge in [0.05, 0.1) is 0 Å². The van der Waals surface area contributed by atoms with Crippen LogP contribution in [0.1, 0.15) is 17.2 Å². The lowest BCUT2D eigenvalue weighted by Gasteiger charge is -2.27. The average molecular weight is 281 g/mol. The van der Waals surface area contributed by atoms with E-state index in [1.165, 1.54) is 17.9 Å². The van der Waals surface area contributed by atoms with Crippen molar-refractivity contribution >= 4 is 0 Å². The van der Waals surface area contributed by atoms with E-state index in [2.05, 4.69) is 10.4 Å². The molecule has 1 N–H and O–H groups in total. The van der Waals surface area contributed by atoms with Crippen LogP contribution in [0.3, 0.4) is 0 Å². The van der Waals surface area contributed by atoms with Crippen LogP contribution in [0.25, 0.3) is 11.1 Å². The number of nitrogens with one attached hydrogen (secondary N) is 1. The highest BCUT2D eigenvalue weighted by Gasteiger charge is 2.37. The maximum Gasteiger partial charge on any atom is 0.435 e. The zero-order chi connectivity index (χ0) is 14.3. The maximum absolute atomic E-state index is 12.9. The molecule has 1 aliphatic heterocycles. The number of aromatic nitrogens is 2. The molecule has 3 rings (SSSR count). The lowest BCUT2D eigenvalue weighted by Crippen LogP contribution is -2.39. The van der Waals surface area contributed by atoms with Crippen molar-refractivity contribution in [1.82, 2.24) is 15.1 Å². The number of rotatable bonds is 2. The number of nitrogens with zero attached hydrogens (tertiary/aromatic N) is 2. The summed E-state index contributed by atoms with van der Waals surface area (Å²) in [5, 5.41) is 6.70. The molecule has 0 saturated carbocycles. The second kappa shape index (κ2) is 4.63. The Kier molecular flexibility index (Phi) is 3.05. The molecule has 0 bridgehead atoms. The van der Waals surface area contributed by atoms with Gasteiger partial charge in [0.25, 0.3) is 0 Å². The van der Waals surface area contributed by atoms with E-state index in [4.69, 9.17) is 0 Å². The van der Waals surface area contributed by atoms with Crippen LogP contribution in [0.15, 0.2) is 30.5 Å². The van der Waals surface area contributed by atoms with Crippen molar-refractivity contribution in [2.24, 2.45) is 7.05 Å². The van der Waals surface area contributed by atoms with E-state index in [0.717, 1.165) is 18.7 Å². The molecule has 2 aromatic rings. The number of hydrogen-bond acceptors (Lipinski definition) is 2. The first kappa shape index (κ1) is 13.2. The Balaban J connectivity index is 1.96. The van der Waals surface area contributed by atoms with Gasteiger partial charge in [-0.2, -0.15) is 18.3 Å². The van der Waals surface area contributed by atoms with Gasteiger partial charge in [-0.15, -0.1) is 0 Å². The monoisotopic (exact) mass is 281 g/mol. The molecule has 1 aromatic carbocycles. The summed E-state index contributed by atoms with van der Waals surface area (Å²) in [4.78, 5) is 0. The van der Waals surface area contributed by atoms with Crippen molar-refractivity contribution < 1.29 is 13.2 Å². The molecule has 0 spiro atoms. The van der Waals surface area contributed by atoms with E-state index >= 15 is 0 Å².